The van der Waals surface area contributed by atoms with Crippen molar-refractivity contribution in [3.8, 4) is 0 Å². The number of hydrogen-bond donors (Lipinski definition) is 3. The average molecular weight is 265 g/mol. The number of carbonyl (C=O) groups is 1. The van der Waals surface area contributed by atoms with Gasteiger partial charge in [-0.2, -0.15) is 0 Å². The molecule has 19 heavy (non-hydrogen) atoms. The van der Waals surface area contributed by atoms with Crippen LogP contribution < -0.4 is 16.0 Å². The molecule has 3 N–H and O–H groups in total. The van der Waals surface area contributed by atoms with E-state index in [1.165, 1.54) is 0 Å². The zero-order valence-corrected chi connectivity index (χ0v) is 12.2. The molecule has 1 amide bonds. The van der Waals surface area contributed by atoms with Crippen molar-refractivity contribution in [1.82, 2.24) is 15.3 Å². The van der Waals surface area contributed by atoms with Crippen LogP contribution in [0, 0.1) is 12.8 Å². The van der Waals surface area contributed by atoms with E-state index in [4.69, 9.17) is 0 Å². The Labute approximate surface area is 114 Å². The highest BCUT2D eigenvalue weighted by molar-refractivity contribution is 5.83. The molecule has 0 saturated carbocycles. The Morgan fingerprint density at radius 3 is 2.47 bits per heavy atom. The molecule has 0 bridgehead atoms. The summed E-state index contributed by atoms with van der Waals surface area (Å²) in [6.45, 7) is 8.42. The standard InChI is InChI=1S/C13H23N5O/c1-8(2)7-15-13(19)9(3)16-12-6-11(14-5)17-10(4)18-12/h6,8-9H,7H2,1-5H3,(H,15,19)(H2,14,16,17,18). The van der Waals surface area contributed by atoms with E-state index < -0.39 is 0 Å². The lowest BCUT2D eigenvalue weighted by molar-refractivity contribution is -0.121. The molecule has 1 heterocycles. The first-order chi connectivity index (χ1) is 8.92. The van der Waals surface area contributed by atoms with E-state index in [1.54, 1.807) is 13.1 Å². The first-order valence-electron chi connectivity index (χ1n) is 6.50. The molecule has 1 aromatic rings. The second-order valence-electron chi connectivity index (χ2n) is 4.94. The van der Waals surface area contributed by atoms with Gasteiger partial charge < -0.3 is 16.0 Å². The maximum Gasteiger partial charge on any atom is 0.242 e. The highest BCUT2D eigenvalue weighted by atomic mass is 16.2. The van der Waals surface area contributed by atoms with Gasteiger partial charge in [0.15, 0.2) is 0 Å². The van der Waals surface area contributed by atoms with Gasteiger partial charge in [0.1, 0.15) is 23.5 Å². The third kappa shape index (κ3) is 5.11. The van der Waals surface area contributed by atoms with Crippen molar-refractivity contribution in [1.29, 1.82) is 0 Å². The van der Waals surface area contributed by atoms with E-state index >= 15 is 0 Å². The largest absolute Gasteiger partial charge is 0.373 e. The first kappa shape index (κ1) is 15.2. The molecule has 1 aromatic heterocycles. The van der Waals surface area contributed by atoms with Crippen LogP contribution in [-0.4, -0.2) is 35.5 Å². The summed E-state index contributed by atoms with van der Waals surface area (Å²) in [5, 5.41) is 8.92. The molecule has 0 saturated heterocycles. The second-order valence-corrected chi connectivity index (χ2v) is 4.94. The second kappa shape index (κ2) is 6.92. The quantitative estimate of drug-likeness (QED) is 0.724. The molecule has 0 radical (unpaired) electrons. The van der Waals surface area contributed by atoms with Gasteiger partial charge in [0.25, 0.3) is 0 Å². The van der Waals surface area contributed by atoms with Crippen molar-refractivity contribution in [2.24, 2.45) is 5.92 Å². The Bertz CT molecular complexity index is 433. The molecule has 6 heteroatoms. The lowest BCUT2D eigenvalue weighted by Crippen LogP contribution is -2.39. The van der Waals surface area contributed by atoms with Crippen molar-refractivity contribution < 1.29 is 4.79 Å². The third-order valence-corrected chi connectivity index (χ3v) is 2.54. The van der Waals surface area contributed by atoms with E-state index in [9.17, 15) is 4.79 Å². The van der Waals surface area contributed by atoms with Gasteiger partial charge in [-0.1, -0.05) is 13.8 Å². The van der Waals surface area contributed by atoms with E-state index in [-0.39, 0.29) is 11.9 Å². The van der Waals surface area contributed by atoms with Crippen LogP contribution in [0.25, 0.3) is 0 Å². The summed E-state index contributed by atoms with van der Waals surface area (Å²) in [5.41, 5.74) is 0. The van der Waals surface area contributed by atoms with Crippen molar-refractivity contribution in [3.63, 3.8) is 0 Å². The summed E-state index contributed by atoms with van der Waals surface area (Å²) < 4.78 is 0. The summed E-state index contributed by atoms with van der Waals surface area (Å²) in [4.78, 5) is 20.3. The molecule has 6 nitrogen and oxygen atoms in total. The molecular weight excluding hydrogens is 242 g/mol. The molecule has 1 rings (SSSR count). The van der Waals surface area contributed by atoms with E-state index in [0.717, 1.165) is 5.82 Å². The fraction of sp³-hybridized carbons (Fsp3) is 0.615. The molecule has 106 valence electrons. The topological polar surface area (TPSA) is 78.9 Å². The summed E-state index contributed by atoms with van der Waals surface area (Å²) in [7, 11) is 1.80. The van der Waals surface area contributed by atoms with Gasteiger partial charge in [-0.15, -0.1) is 0 Å². The number of rotatable bonds is 6. The molecule has 0 aliphatic carbocycles. The maximum absolute atomic E-state index is 11.9. The monoisotopic (exact) mass is 265 g/mol. The number of hydrogen-bond acceptors (Lipinski definition) is 5. The zero-order valence-electron chi connectivity index (χ0n) is 12.2. The van der Waals surface area contributed by atoms with Crippen LogP contribution in [0.3, 0.4) is 0 Å². The minimum Gasteiger partial charge on any atom is -0.373 e. The normalized spacial score (nSPS) is 12.1. The number of anilines is 2. The third-order valence-electron chi connectivity index (χ3n) is 2.54. The molecular formula is C13H23N5O. The van der Waals surface area contributed by atoms with E-state index in [1.807, 2.05) is 13.8 Å². The maximum atomic E-state index is 11.9. The van der Waals surface area contributed by atoms with Crippen LogP contribution in [-0.2, 0) is 4.79 Å². The van der Waals surface area contributed by atoms with Crippen LogP contribution in [0.1, 0.15) is 26.6 Å². The van der Waals surface area contributed by atoms with Crippen LogP contribution in [0.2, 0.25) is 0 Å². The highest BCUT2D eigenvalue weighted by Gasteiger charge is 2.13. The number of aryl methyl sites for hydroxylation is 1. The van der Waals surface area contributed by atoms with Gasteiger partial charge in [0.05, 0.1) is 0 Å². The van der Waals surface area contributed by atoms with Crippen molar-refractivity contribution in [3.05, 3.63) is 11.9 Å². The summed E-state index contributed by atoms with van der Waals surface area (Å²) in [6.07, 6.45) is 0. The summed E-state index contributed by atoms with van der Waals surface area (Å²) >= 11 is 0. The Balaban J connectivity index is 2.63. The van der Waals surface area contributed by atoms with Gasteiger partial charge in [-0.05, 0) is 19.8 Å². The predicted molar refractivity (Wildman–Crippen MR) is 77.2 cm³/mol. The predicted octanol–water partition coefficient (Wildman–Crippen LogP) is 1.40. The molecule has 0 aliphatic heterocycles. The molecule has 0 fully saturated rings. The Morgan fingerprint density at radius 1 is 1.26 bits per heavy atom. The number of amides is 1. The van der Waals surface area contributed by atoms with Crippen molar-refractivity contribution in [2.75, 3.05) is 24.2 Å². The molecule has 0 aromatic carbocycles. The number of carbonyl (C=O) groups excluding carboxylic acids is 1. The Kier molecular flexibility index (Phi) is 5.54. The molecule has 1 atom stereocenters. The molecule has 0 spiro atoms. The van der Waals surface area contributed by atoms with Crippen molar-refractivity contribution >= 4 is 17.5 Å². The van der Waals surface area contributed by atoms with E-state index in [2.05, 4.69) is 39.8 Å². The van der Waals surface area contributed by atoms with Gasteiger partial charge in [-0.3, -0.25) is 4.79 Å². The van der Waals surface area contributed by atoms with Gasteiger partial charge >= 0.3 is 0 Å². The Morgan fingerprint density at radius 2 is 1.89 bits per heavy atom. The number of nitrogens with one attached hydrogen (secondary N) is 3. The van der Waals surface area contributed by atoms with Gasteiger partial charge in [0.2, 0.25) is 5.91 Å². The zero-order chi connectivity index (χ0) is 14.4. The minimum atomic E-state index is -0.335. The number of aromatic nitrogens is 2. The van der Waals surface area contributed by atoms with E-state index in [0.29, 0.717) is 24.1 Å². The summed E-state index contributed by atoms with van der Waals surface area (Å²) in [6, 6.07) is 1.44. The van der Waals surface area contributed by atoms with Crippen LogP contribution >= 0.6 is 0 Å². The number of nitrogens with zero attached hydrogens (tertiary/aromatic N) is 2. The molecule has 0 aliphatic rings. The first-order valence-corrected chi connectivity index (χ1v) is 6.50. The lowest BCUT2D eigenvalue weighted by atomic mass is 10.2. The SMILES string of the molecule is CNc1cc(NC(C)C(=O)NCC(C)C)nc(C)n1. The molecule has 1 unspecified atom stereocenters. The Hall–Kier alpha value is -1.85. The lowest BCUT2D eigenvalue weighted by Gasteiger charge is -2.16. The highest BCUT2D eigenvalue weighted by Crippen LogP contribution is 2.11. The van der Waals surface area contributed by atoms with Gasteiger partial charge in [-0.25, -0.2) is 9.97 Å². The smallest absolute Gasteiger partial charge is 0.242 e. The van der Waals surface area contributed by atoms with Crippen LogP contribution in [0.5, 0.6) is 0 Å². The average Bonchev–Trinajstić information content (AvgIpc) is 2.34. The minimum absolute atomic E-state index is 0.0315. The fourth-order valence-corrected chi connectivity index (χ4v) is 1.51. The van der Waals surface area contributed by atoms with Gasteiger partial charge in [0, 0.05) is 19.7 Å². The fourth-order valence-electron chi connectivity index (χ4n) is 1.51. The van der Waals surface area contributed by atoms with Crippen molar-refractivity contribution in [2.45, 2.75) is 33.7 Å². The summed E-state index contributed by atoms with van der Waals surface area (Å²) in [5.74, 6) is 2.43. The van der Waals surface area contributed by atoms with Crippen LogP contribution in [0.4, 0.5) is 11.6 Å². The van der Waals surface area contributed by atoms with Crippen LogP contribution in [0.15, 0.2) is 6.07 Å².